The highest BCUT2D eigenvalue weighted by molar-refractivity contribution is 5.91. The van der Waals surface area contributed by atoms with Crippen molar-refractivity contribution in [3.05, 3.63) is 77.0 Å². The van der Waals surface area contributed by atoms with Gasteiger partial charge in [0, 0.05) is 17.7 Å². The van der Waals surface area contributed by atoms with E-state index in [9.17, 15) is 9.59 Å². The lowest BCUT2D eigenvalue weighted by Gasteiger charge is -2.35. The smallest absolute Gasteiger partial charge is 0.337 e. The van der Waals surface area contributed by atoms with Crippen molar-refractivity contribution in [3.63, 3.8) is 0 Å². The first-order valence-corrected chi connectivity index (χ1v) is 10.2. The van der Waals surface area contributed by atoms with Gasteiger partial charge >= 0.3 is 5.97 Å². The number of rotatable bonds is 7. The average Bonchev–Trinajstić information content (AvgIpc) is 3.20. The quantitative estimate of drug-likeness (QED) is 0.564. The van der Waals surface area contributed by atoms with E-state index < -0.39 is 0 Å². The topological polar surface area (TPSA) is 93.3 Å². The first kappa shape index (κ1) is 20.7. The van der Waals surface area contributed by atoms with Crippen molar-refractivity contribution in [3.8, 4) is 5.75 Å². The lowest BCUT2D eigenvalue weighted by atomic mass is 9.70. The predicted molar refractivity (Wildman–Crippen MR) is 116 cm³/mol. The van der Waals surface area contributed by atoms with Crippen molar-refractivity contribution < 1.29 is 19.1 Å². The number of anilines is 1. The Labute approximate surface area is 180 Å². The molecule has 1 saturated carbocycles. The number of carbonyl (C=O) groups is 2. The van der Waals surface area contributed by atoms with E-state index in [1.54, 1.807) is 13.2 Å². The molecule has 1 fully saturated rings. The summed E-state index contributed by atoms with van der Waals surface area (Å²) in [6.07, 6.45) is 2.20. The molecule has 0 bridgehead atoms. The number of benzene rings is 2. The zero-order valence-electron chi connectivity index (χ0n) is 17.6. The fourth-order valence-corrected chi connectivity index (χ4v) is 3.91. The molecule has 1 aromatic heterocycles. The highest BCUT2D eigenvalue weighted by Crippen LogP contribution is 2.47. The summed E-state index contributed by atoms with van der Waals surface area (Å²) in [6, 6.07) is 16.9. The number of ether oxygens (including phenoxy) is 2. The SMILES string of the molecule is COC(=O)c1cccc(C2CC(c3cc(NC(=O)Cc4ccc(OC)cc4)n[nH]3)C2)c1. The van der Waals surface area contributed by atoms with Crippen molar-refractivity contribution in [2.24, 2.45) is 0 Å². The summed E-state index contributed by atoms with van der Waals surface area (Å²) < 4.78 is 9.94. The summed E-state index contributed by atoms with van der Waals surface area (Å²) in [5.41, 5.74) is 3.64. The Balaban J connectivity index is 1.30. The van der Waals surface area contributed by atoms with Gasteiger partial charge in [0.1, 0.15) is 5.75 Å². The van der Waals surface area contributed by atoms with Crippen LogP contribution in [0.2, 0.25) is 0 Å². The van der Waals surface area contributed by atoms with Gasteiger partial charge in [0.25, 0.3) is 0 Å². The summed E-state index contributed by atoms with van der Waals surface area (Å²) in [5, 5.41) is 10.1. The molecule has 31 heavy (non-hydrogen) atoms. The van der Waals surface area contributed by atoms with Crippen LogP contribution in [0.3, 0.4) is 0 Å². The summed E-state index contributed by atoms with van der Waals surface area (Å²) in [4.78, 5) is 24.1. The highest BCUT2D eigenvalue weighted by Gasteiger charge is 2.33. The number of nitrogens with one attached hydrogen (secondary N) is 2. The van der Waals surface area contributed by atoms with Crippen LogP contribution in [0.25, 0.3) is 0 Å². The molecule has 7 nitrogen and oxygen atoms in total. The maximum atomic E-state index is 12.3. The lowest BCUT2D eigenvalue weighted by molar-refractivity contribution is -0.115. The molecule has 1 aliphatic rings. The number of methoxy groups -OCH3 is 2. The minimum atomic E-state index is -0.318. The monoisotopic (exact) mass is 419 g/mol. The average molecular weight is 419 g/mol. The number of nitrogens with zero attached hydrogens (tertiary/aromatic N) is 1. The molecule has 1 aliphatic carbocycles. The van der Waals surface area contributed by atoms with Crippen molar-refractivity contribution >= 4 is 17.7 Å². The van der Waals surface area contributed by atoms with Crippen LogP contribution >= 0.6 is 0 Å². The summed E-state index contributed by atoms with van der Waals surface area (Å²) in [7, 11) is 3.00. The third-order valence-electron chi connectivity index (χ3n) is 5.75. The Morgan fingerprint density at radius 1 is 1.06 bits per heavy atom. The van der Waals surface area contributed by atoms with Crippen LogP contribution in [0.15, 0.2) is 54.6 Å². The molecule has 1 amide bonds. The highest BCUT2D eigenvalue weighted by atomic mass is 16.5. The molecule has 2 N–H and O–H groups in total. The Kier molecular flexibility index (Phi) is 6.02. The van der Waals surface area contributed by atoms with E-state index in [4.69, 9.17) is 9.47 Å². The van der Waals surface area contributed by atoms with Gasteiger partial charge in [-0.15, -0.1) is 0 Å². The molecular formula is C24H25N3O4. The maximum absolute atomic E-state index is 12.3. The molecule has 0 radical (unpaired) electrons. The molecule has 0 atom stereocenters. The Hall–Kier alpha value is -3.61. The van der Waals surface area contributed by atoms with Gasteiger partial charge in [0.15, 0.2) is 5.82 Å². The third-order valence-corrected chi connectivity index (χ3v) is 5.75. The second-order valence-corrected chi connectivity index (χ2v) is 7.76. The van der Waals surface area contributed by atoms with Crippen molar-refractivity contribution in [2.45, 2.75) is 31.1 Å². The normalized spacial score (nSPS) is 17.5. The van der Waals surface area contributed by atoms with E-state index in [2.05, 4.69) is 15.5 Å². The second-order valence-electron chi connectivity index (χ2n) is 7.76. The van der Waals surface area contributed by atoms with Crippen LogP contribution in [0.4, 0.5) is 5.82 Å². The molecule has 4 rings (SSSR count). The van der Waals surface area contributed by atoms with Gasteiger partial charge in [-0.3, -0.25) is 9.89 Å². The van der Waals surface area contributed by atoms with Gasteiger partial charge in [-0.1, -0.05) is 24.3 Å². The van der Waals surface area contributed by atoms with Crippen molar-refractivity contribution in [2.75, 3.05) is 19.5 Å². The number of carbonyl (C=O) groups excluding carboxylic acids is 2. The molecular weight excluding hydrogens is 394 g/mol. The molecule has 1 heterocycles. The number of esters is 1. The maximum Gasteiger partial charge on any atom is 0.337 e. The Morgan fingerprint density at radius 2 is 1.84 bits per heavy atom. The molecule has 2 aromatic carbocycles. The Bertz CT molecular complexity index is 1070. The van der Waals surface area contributed by atoms with Crippen LogP contribution in [-0.4, -0.2) is 36.3 Å². The van der Waals surface area contributed by atoms with E-state index in [0.717, 1.165) is 35.4 Å². The van der Waals surface area contributed by atoms with Gasteiger partial charge in [0.2, 0.25) is 5.91 Å². The molecule has 3 aromatic rings. The first-order chi connectivity index (χ1) is 15.1. The minimum Gasteiger partial charge on any atom is -0.497 e. The number of hydrogen-bond donors (Lipinski definition) is 2. The van der Waals surface area contributed by atoms with Gasteiger partial charge < -0.3 is 14.8 Å². The first-order valence-electron chi connectivity index (χ1n) is 10.2. The number of H-pyrrole nitrogens is 1. The largest absolute Gasteiger partial charge is 0.497 e. The number of aromatic nitrogens is 2. The van der Waals surface area contributed by atoms with E-state index in [1.807, 2.05) is 48.5 Å². The molecule has 7 heteroatoms. The van der Waals surface area contributed by atoms with E-state index >= 15 is 0 Å². The molecule has 0 spiro atoms. The van der Waals surface area contributed by atoms with Crippen molar-refractivity contribution in [1.29, 1.82) is 0 Å². The van der Waals surface area contributed by atoms with Crippen LogP contribution in [0.1, 0.15) is 51.9 Å². The zero-order chi connectivity index (χ0) is 21.8. The summed E-state index contributed by atoms with van der Waals surface area (Å²) in [6.45, 7) is 0. The molecule has 0 aliphatic heterocycles. The minimum absolute atomic E-state index is 0.116. The van der Waals surface area contributed by atoms with Crippen LogP contribution in [0, 0.1) is 0 Å². The van der Waals surface area contributed by atoms with Gasteiger partial charge in [-0.25, -0.2) is 4.79 Å². The van der Waals surface area contributed by atoms with Crippen LogP contribution in [-0.2, 0) is 16.0 Å². The molecule has 160 valence electrons. The van der Waals surface area contributed by atoms with E-state index in [-0.39, 0.29) is 18.3 Å². The predicted octanol–water partition coefficient (Wildman–Crippen LogP) is 4.05. The standard InChI is InChI=1S/C24H25N3O4/c1-30-20-8-6-15(7-9-20)10-23(28)25-22-14-21(26-27-22)19-12-18(13-19)16-4-3-5-17(11-16)24(29)31-2/h3-9,11,14,18-19H,10,12-13H2,1-2H3,(H2,25,26,27,28). The van der Waals surface area contributed by atoms with Gasteiger partial charge in [-0.2, -0.15) is 5.10 Å². The fraction of sp³-hybridized carbons (Fsp3) is 0.292. The van der Waals surface area contributed by atoms with Gasteiger partial charge in [0.05, 0.1) is 26.2 Å². The number of hydrogen-bond acceptors (Lipinski definition) is 5. The zero-order valence-corrected chi connectivity index (χ0v) is 17.6. The fourth-order valence-electron chi connectivity index (χ4n) is 3.91. The van der Waals surface area contributed by atoms with E-state index in [0.29, 0.717) is 23.2 Å². The molecule has 0 saturated heterocycles. The third kappa shape index (κ3) is 4.77. The van der Waals surface area contributed by atoms with Crippen LogP contribution < -0.4 is 10.1 Å². The summed E-state index contributed by atoms with van der Waals surface area (Å²) in [5.74, 6) is 1.61. The second kappa shape index (κ2) is 9.04. The van der Waals surface area contributed by atoms with Crippen LogP contribution in [0.5, 0.6) is 5.75 Å². The number of amides is 1. The van der Waals surface area contributed by atoms with E-state index in [1.165, 1.54) is 7.11 Å². The molecule has 0 unspecified atom stereocenters. The number of aromatic amines is 1. The summed E-state index contributed by atoms with van der Waals surface area (Å²) >= 11 is 0. The Morgan fingerprint density at radius 3 is 2.55 bits per heavy atom. The van der Waals surface area contributed by atoms with Crippen molar-refractivity contribution in [1.82, 2.24) is 10.2 Å². The van der Waals surface area contributed by atoms with Gasteiger partial charge in [-0.05, 0) is 54.2 Å². The lowest BCUT2D eigenvalue weighted by Crippen LogP contribution is -2.20.